The van der Waals surface area contributed by atoms with Gasteiger partial charge in [0.05, 0.1) is 12.5 Å². The molecule has 1 aromatic heterocycles. The van der Waals surface area contributed by atoms with Crippen LogP contribution in [0.2, 0.25) is 0 Å². The van der Waals surface area contributed by atoms with Crippen molar-refractivity contribution < 1.29 is 14.3 Å². The Labute approximate surface area is 121 Å². The van der Waals surface area contributed by atoms with Gasteiger partial charge >= 0.3 is 0 Å². The molecule has 0 aliphatic carbocycles. The summed E-state index contributed by atoms with van der Waals surface area (Å²) in [5, 5.41) is 12.6. The maximum Gasteiger partial charge on any atom is 0.230 e. The van der Waals surface area contributed by atoms with Crippen molar-refractivity contribution in [2.24, 2.45) is 0 Å². The van der Waals surface area contributed by atoms with Crippen LogP contribution in [0.25, 0.3) is 21.7 Å². The Kier molecular flexibility index (Phi) is 2.72. The molecule has 21 heavy (non-hydrogen) atoms. The smallest absolute Gasteiger partial charge is 0.230 e. The van der Waals surface area contributed by atoms with E-state index in [0.29, 0.717) is 18.8 Å². The van der Waals surface area contributed by atoms with Crippen LogP contribution in [-0.2, 0) is 11.2 Å². The number of nitrogens with zero attached hydrogens (tertiary/aromatic N) is 1. The Bertz CT molecular complexity index is 830. The zero-order chi connectivity index (χ0) is 14.4. The lowest BCUT2D eigenvalue weighted by Gasteiger charge is -2.35. The molecule has 0 unspecified atom stereocenters. The third kappa shape index (κ3) is 2.08. The van der Waals surface area contributed by atoms with E-state index in [1.807, 2.05) is 30.3 Å². The molecule has 1 aliphatic rings. The molecule has 0 radical (unpaired) electrons. The average Bonchev–Trinajstić information content (AvgIpc) is 2.86. The van der Waals surface area contributed by atoms with E-state index in [1.165, 1.54) is 0 Å². The minimum absolute atomic E-state index is 0.00339. The second kappa shape index (κ2) is 4.60. The van der Waals surface area contributed by atoms with Crippen LogP contribution < -0.4 is 0 Å². The molecule has 4 nitrogen and oxygen atoms in total. The van der Waals surface area contributed by atoms with Crippen LogP contribution in [0.15, 0.2) is 46.9 Å². The third-order valence-electron chi connectivity index (χ3n) is 4.02. The maximum atomic E-state index is 12.0. The molecule has 4 heteroatoms. The number of β-amino-alcohol motifs (C(OH)–C–C–N with tert-alkyl or cyclic N) is 1. The molecule has 106 valence electrons. The molecule has 1 amide bonds. The number of furan rings is 1. The van der Waals surface area contributed by atoms with Gasteiger partial charge in [0.1, 0.15) is 11.3 Å². The number of fused-ring (bicyclic) bond motifs is 3. The highest BCUT2D eigenvalue weighted by molar-refractivity contribution is 6.06. The molecule has 1 N–H and O–H groups in total. The topological polar surface area (TPSA) is 53.7 Å². The quantitative estimate of drug-likeness (QED) is 0.784. The first-order valence-corrected chi connectivity index (χ1v) is 7.07. The molecule has 0 bridgehead atoms. The highest BCUT2D eigenvalue weighted by Gasteiger charge is 2.29. The van der Waals surface area contributed by atoms with Gasteiger partial charge in [-0.25, -0.2) is 0 Å². The molecule has 4 rings (SSSR count). The summed E-state index contributed by atoms with van der Waals surface area (Å²) in [6.07, 6.45) is -0.121. The van der Waals surface area contributed by atoms with Gasteiger partial charge in [0.25, 0.3) is 0 Å². The fourth-order valence-corrected chi connectivity index (χ4v) is 2.85. The van der Waals surface area contributed by atoms with Crippen LogP contribution in [0.5, 0.6) is 0 Å². The number of amides is 1. The Hall–Kier alpha value is -2.33. The van der Waals surface area contributed by atoms with Gasteiger partial charge in [0.2, 0.25) is 5.91 Å². The molecule has 1 fully saturated rings. The van der Waals surface area contributed by atoms with Crippen LogP contribution in [0.3, 0.4) is 0 Å². The van der Waals surface area contributed by atoms with Crippen molar-refractivity contribution in [3.63, 3.8) is 0 Å². The largest absolute Gasteiger partial charge is 0.461 e. The van der Waals surface area contributed by atoms with Crippen molar-refractivity contribution in [3.8, 4) is 0 Å². The summed E-state index contributed by atoms with van der Waals surface area (Å²) >= 11 is 0. The highest BCUT2D eigenvalue weighted by Crippen LogP contribution is 2.28. The van der Waals surface area contributed by atoms with E-state index in [4.69, 9.17) is 4.42 Å². The van der Waals surface area contributed by atoms with E-state index in [2.05, 4.69) is 12.1 Å². The van der Waals surface area contributed by atoms with Crippen molar-refractivity contribution in [1.29, 1.82) is 0 Å². The Morgan fingerprint density at radius 3 is 2.81 bits per heavy atom. The second-order valence-corrected chi connectivity index (χ2v) is 5.54. The average molecular weight is 281 g/mol. The summed E-state index contributed by atoms with van der Waals surface area (Å²) in [6, 6.07) is 14.1. The van der Waals surface area contributed by atoms with Gasteiger partial charge in [0.15, 0.2) is 0 Å². The number of hydrogen-bond donors (Lipinski definition) is 1. The summed E-state index contributed by atoms with van der Waals surface area (Å²) in [6.45, 7) is 0.865. The molecule has 2 heterocycles. The number of carbonyl (C=O) groups is 1. The van der Waals surface area contributed by atoms with Gasteiger partial charge in [-0.15, -0.1) is 0 Å². The fourth-order valence-electron chi connectivity index (χ4n) is 2.85. The van der Waals surface area contributed by atoms with E-state index in [-0.39, 0.29) is 18.4 Å². The van der Waals surface area contributed by atoms with Gasteiger partial charge < -0.3 is 14.4 Å². The second-order valence-electron chi connectivity index (χ2n) is 5.54. The monoisotopic (exact) mass is 281 g/mol. The van der Waals surface area contributed by atoms with Crippen molar-refractivity contribution in [2.75, 3.05) is 13.1 Å². The van der Waals surface area contributed by atoms with Gasteiger partial charge in [-0.2, -0.15) is 0 Å². The summed E-state index contributed by atoms with van der Waals surface area (Å²) in [4.78, 5) is 13.7. The Morgan fingerprint density at radius 1 is 1.19 bits per heavy atom. The van der Waals surface area contributed by atoms with Crippen LogP contribution in [-0.4, -0.2) is 35.1 Å². The molecule has 0 spiro atoms. The molecular weight excluding hydrogens is 266 g/mol. The van der Waals surface area contributed by atoms with Gasteiger partial charge in [0, 0.05) is 18.5 Å². The lowest BCUT2D eigenvalue weighted by molar-refractivity contribution is -0.140. The van der Waals surface area contributed by atoms with E-state index in [9.17, 15) is 9.90 Å². The van der Waals surface area contributed by atoms with E-state index < -0.39 is 0 Å². The molecular formula is C17H15NO3. The maximum absolute atomic E-state index is 12.0. The predicted molar refractivity (Wildman–Crippen MR) is 80.0 cm³/mol. The van der Waals surface area contributed by atoms with Crippen molar-refractivity contribution in [2.45, 2.75) is 12.5 Å². The first kappa shape index (κ1) is 12.4. The number of aliphatic hydroxyl groups is 1. The SMILES string of the molecule is O=C(Cc1cc2c(ccc3ccccc32)o1)N1CC(O)C1. The summed E-state index contributed by atoms with van der Waals surface area (Å²) < 4.78 is 5.78. The number of rotatable bonds is 2. The summed E-state index contributed by atoms with van der Waals surface area (Å²) in [5.41, 5.74) is 0.806. The van der Waals surface area contributed by atoms with Gasteiger partial charge in [-0.05, 0) is 22.9 Å². The number of hydrogen-bond acceptors (Lipinski definition) is 3. The van der Waals surface area contributed by atoms with Crippen molar-refractivity contribution >= 4 is 27.6 Å². The number of carbonyl (C=O) groups excluding carboxylic acids is 1. The molecule has 3 aromatic rings. The van der Waals surface area contributed by atoms with Crippen LogP contribution in [0, 0.1) is 0 Å². The van der Waals surface area contributed by atoms with E-state index in [1.54, 1.807) is 4.90 Å². The third-order valence-corrected chi connectivity index (χ3v) is 4.02. The fraction of sp³-hybridized carbons (Fsp3) is 0.235. The molecule has 0 atom stereocenters. The molecule has 0 saturated carbocycles. The zero-order valence-corrected chi connectivity index (χ0v) is 11.5. The first-order valence-electron chi connectivity index (χ1n) is 7.07. The van der Waals surface area contributed by atoms with E-state index in [0.717, 1.165) is 21.7 Å². The van der Waals surface area contributed by atoms with Gasteiger partial charge in [-0.3, -0.25) is 4.79 Å². The van der Waals surface area contributed by atoms with Crippen molar-refractivity contribution in [1.82, 2.24) is 4.90 Å². The molecule has 1 saturated heterocycles. The number of likely N-dealkylation sites (tertiary alicyclic amines) is 1. The van der Waals surface area contributed by atoms with Crippen LogP contribution in [0.1, 0.15) is 5.76 Å². The number of aliphatic hydroxyl groups excluding tert-OH is 1. The normalized spacial score (nSPS) is 15.6. The molecule has 2 aromatic carbocycles. The minimum Gasteiger partial charge on any atom is -0.461 e. The van der Waals surface area contributed by atoms with Crippen molar-refractivity contribution in [3.05, 3.63) is 48.2 Å². The van der Waals surface area contributed by atoms with E-state index >= 15 is 0 Å². The molecule has 1 aliphatic heterocycles. The first-order chi connectivity index (χ1) is 10.2. The van der Waals surface area contributed by atoms with Crippen LogP contribution in [0.4, 0.5) is 0 Å². The predicted octanol–water partition coefficient (Wildman–Crippen LogP) is 2.33. The minimum atomic E-state index is -0.367. The highest BCUT2D eigenvalue weighted by atomic mass is 16.3. The lowest BCUT2D eigenvalue weighted by Crippen LogP contribution is -2.53. The number of benzene rings is 2. The van der Waals surface area contributed by atoms with Gasteiger partial charge in [-0.1, -0.05) is 30.3 Å². The van der Waals surface area contributed by atoms with Crippen LogP contribution >= 0.6 is 0 Å². The zero-order valence-electron chi connectivity index (χ0n) is 11.5. The Morgan fingerprint density at radius 2 is 2.00 bits per heavy atom. The summed E-state index contributed by atoms with van der Waals surface area (Å²) in [5.74, 6) is 0.677. The lowest BCUT2D eigenvalue weighted by atomic mass is 10.1. The summed E-state index contributed by atoms with van der Waals surface area (Å²) in [7, 11) is 0. The Balaban J connectivity index is 1.67. The standard InChI is InChI=1S/C17H15NO3/c19-12-9-18(10-12)17(20)8-13-7-15-14-4-2-1-3-11(14)5-6-16(15)21-13/h1-7,12,19H,8-10H2.